The number of thioether (sulfide) groups is 1. The fourth-order valence-corrected chi connectivity index (χ4v) is 2.07. The highest BCUT2D eigenvalue weighted by Crippen LogP contribution is 2.15. The quantitative estimate of drug-likeness (QED) is 0.794. The molecule has 2 rings (SSSR count). The maximum absolute atomic E-state index is 4.04. The van der Waals surface area contributed by atoms with Crippen molar-refractivity contribution in [3.8, 4) is 0 Å². The monoisotopic (exact) mass is 263 g/mol. The van der Waals surface area contributed by atoms with E-state index in [1.807, 2.05) is 11.7 Å². The second-order valence-electron chi connectivity index (χ2n) is 3.95. The summed E-state index contributed by atoms with van der Waals surface area (Å²) in [6.07, 6.45) is 2.92. The Morgan fingerprint density at radius 1 is 1.28 bits per heavy atom. The largest absolute Gasteiger partial charge is 0.319 e. The molecule has 0 unspecified atom stereocenters. The molecule has 0 saturated heterocycles. The van der Waals surface area contributed by atoms with Crippen LogP contribution in [0.5, 0.6) is 0 Å². The van der Waals surface area contributed by atoms with Gasteiger partial charge in [-0.15, -0.1) is 16.9 Å². The van der Waals surface area contributed by atoms with Crippen LogP contribution in [0.1, 0.15) is 11.4 Å². The molecule has 0 spiro atoms. The molecule has 1 N–H and O–H groups in total. The lowest BCUT2D eigenvalue weighted by molar-refractivity contribution is 0.608. The molecule has 5 nitrogen and oxygen atoms in total. The van der Waals surface area contributed by atoms with E-state index in [2.05, 4.69) is 51.4 Å². The van der Waals surface area contributed by atoms with Crippen LogP contribution < -0.4 is 5.32 Å². The molecular formula is C12H17N5S. The maximum atomic E-state index is 4.04. The second-order valence-corrected chi connectivity index (χ2v) is 4.83. The average molecular weight is 263 g/mol. The van der Waals surface area contributed by atoms with E-state index in [0.717, 1.165) is 25.3 Å². The third kappa shape index (κ3) is 3.30. The van der Waals surface area contributed by atoms with Gasteiger partial charge in [0.2, 0.25) is 0 Å². The van der Waals surface area contributed by atoms with Gasteiger partial charge in [-0.1, -0.05) is 12.1 Å². The van der Waals surface area contributed by atoms with Gasteiger partial charge in [-0.3, -0.25) is 0 Å². The number of likely N-dealkylation sites (N-methyl/N-ethyl adjacent to an activating group) is 1. The van der Waals surface area contributed by atoms with Crippen molar-refractivity contribution >= 4 is 11.8 Å². The van der Waals surface area contributed by atoms with E-state index >= 15 is 0 Å². The highest BCUT2D eigenvalue weighted by Gasteiger charge is 2.05. The van der Waals surface area contributed by atoms with Crippen molar-refractivity contribution < 1.29 is 0 Å². The molecule has 0 aliphatic carbocycles. The fraction of sp³-hybridized carbons (Fsp3) is 0.417. The zero-order chi connectivity index (χ0) is 12.8. The molecule has 1 heterocycles. The van der Waals surface area contributed by atoms with E-state index in [1.165, 1.54) is 10.5 Å². The molecule has 0 saturated carbocycles. The zero-order valence-corrected chi connectivity index (χ0v) is 11.4. The van der Waals surface area contributed by atoms with Gasteiger partial charge in [-0.25, -0.2) is 4.68 Å². The van der Waals surface area contributed by atoms with Crippen molar-refractivity contribution in [2.24, 2.45) is 0 Å². The molecule has 96 valence electrons. The number of nitrogens with one attached hydrogen (secondary N) is 1. The molecule has 0 atom stereocenters. The fourth-order valence-electron chi connectivity index (χ4n) is 1.67. The normalized spacial score (nSPS) is 10.8. The standard InChI is InChI=1S/C12H17N5S/c1-13-8-7-12-14-15-16-17(12)9-10-3-5-11(18-2)6-4-10/h3-6,13H,7-9H2,1-2H3. The van der Waals surface area contributed by atoms with Crippen LogP contribution in [0.3, 0.4) is 0 Å². The Morgan fingerprint density at radius 2 is 2.06 bits per heavy atom. The lowest BCUT2D eigenvalue weighted by atomic mass is 10.2. The summed E-state index contributed by atoms with van der Waals surface area (Å²) in [4.78, 5) is 1.27. The molecule has 0 bridgehead atoms. The number of tetrazole rings is 1. The van der Waals surface area contributed by atoms with Gasteiger partial charge in [0.05, 0.1) is 6.54 Å². The Kier molecular flexibility index (Phi) is 4.72. The van der Waals surface area contributed by atoms with Gasteiger partial charge in [0.15, 0.2) is 5.82 Å². The molecule has 2 aromatic rings. The van der Waals surface area contributed by atoms with E-state index < -0.39 is 0 Å². The van der Waals surface area contributed by atoms with Crippen LogP contribution in [0.4, 0.5) is 0 Å². The summed E-state index contributed by atoms with van der Waals surface area (Å²) in [5.41, 5.74) is 1.21. The van der Waals surface area contributed by atoms with Gasteiger partial charge in [-0.05, 0) is 41.4 Å². The third-order valence-electron chi connectivity index (χ3n) is 2.70. The summed E-state index contributed by atoms with van der Waals surface area (Å²) in [5.74, 6) is 0.915. The van der Waals surface area contributed by atoms with Crippen LogP contribution in [0.15, 0.2) is 29.2 Å². The predicted octanol–water partition coefficient (Wildman–Crippen LogP) is 1.21. The summed E-state index contributed by atoms with van der Waals surface area (Å²) in [7, 11) is 1.93. The topological polar surface area (TPSA) is 55.6 Å². The van der Waals surface area contributed by atoms with Crippen molar-refractivity contribution in [1.82, 2.24) is 25.5 Å². The van der Waals surface area contributed by atoms with E-state index in [1.54, 1.807) is 11.8 Å². The van der Waals surface area contributed by atoms with E-state index in [0.29, 0.717) is 0 Å². The minimum Gasteiger partial charge on any atom is -0.319 e. The number of hydrogen-bond donors (Lipinski definition) is 1. The van der Waals surface area contributed by atoms with Gasteiger partial charge in [0.25, 0.3) is 0 Å². The van der Waals surface area contributed by atoms with Crippen LogP contribution in [0.25, 0.3) is 0 Å². The van der Waals surface area contributed by atoms with Crippen molar-refractivity contribution in [2.45, 2.75) is 17.9 Å². The molecule has 0 fully saturated rings. The van der Waals surface area contributed by atoms with Gasteiger partial charge in [0.1, 0.15) is 0 Å². The first-order chi connectivity index (χ1) is 8.83. The molecule has 0 aliphatic heterocycles. The van der Waals surface area contributed by atoms with Crippen molar-refractivity contribution in [1.29, 1.82) is 0 Å². The van der Waals surface area contributed by atoms with Gasteiger partial charge in [-0.2, -0.15) is 0 Å². The van der Waals surface area contributed by atoms with Gasteiger partial charge >= 0.3 is 0 Å². The van der Waals surface area contributed by atoms with Crippen molar-refractivity contribution in [2.75, 3.05) is 19.8 Å². The average Bonchev–Trinajstić information content (AvgIpc) is 2.84. The van der Waals surface area contributed by atoms with Crippen LogP contribution >= 0.6 is 11.8 Å². The van der Waals surface area contributed by atoms with Gasteiger partial charge < -0.3 is 5.32 Å². The zero-order valence-electron chi connectivity index (χ0n) is 10.6. The van der Waals surface area contributed by atoms with Crippen LogP contribution in [-0.4, -0.2) is 40.1 Å². The predicted molar refractivity (Wildman–Crippen MR) is 72.8 cm³/mol. The highest BCUT2D eigenvalue weighted by molar-refractivity contribution is 7.98. The van der Waals surface area contributed by atoms with Gasteiger partial charge in [0, 0.05) is 17.9 Å². The minimum atomic E-state index is 0.723. The number of benzene rings is 1. The minimum absolute atomic E-state index is 0.723. The SMILES string of the molecule is CNCCc1nnnn1Cc1ccc(SC)cc1. The summed E-state index contributed by atoms with van der Waals surface area (Å²) in [6, 6.07) is 8.49. The molecule has 6 heteroatoms. The lowest BCUT2D eigenvalue weighted by Gasteiger charge is -2.05. The summed E-state index contributed by atoms with van der Waals surface area (Å²) < 4.78 is 1.85. The molecule has 0 aliphatic rings. The number of rotatable bonds is 6. The van der Waals surface area contributed by atoms with E-state index in [9.17, 15) is 0 Å². The number of aromatic nitrogens is 4. The highest BCUT2D eigenvalue weighted by atomic mass is 32.2. The lowest BCUT2D eigenvalue weighted by Crippen LogP contribution is -2.15. The molecule has 18 heavy (non-hydrogen) atoms. The first kappa shape index (κ1) is 13.0. The van der Waals surface area contributed by atoms with Crippen LogP contribution in [-0.2, 0) is 13.0 Å². The van der Waals surface area contributed by atoms with Crippen LogP contribution in [0, 0.1) is 0 Å². The Morgan fingerprint density at radius 3 is 2.72 bits per heavy atom. The summed E-state index contributed by atoms with van der Waals surface area (Å²) >= 11 is 1.74. The smallest absolute Gasteiger partial charge is 0.152 e. The number of nitrogens with zero attached hydrogens (tertiary/aromatic N) is 4. The summed E-state index contributed by atoms with van der Waals surface area (Å²) in [5, 5.41) is 14.9. The maximum Gasteiger partial charge on any atom is 0.152 e. The van der Waals surface area contributed by atoms with E-state index in [4.69, 9.17) is 0 Å². The molecular weight excluding hydrogens is 246 g/mol. The molecule has 0 amide bonds. The van der Waals surface area contributed by atoms with E-state index in [-0.39, 0.29) is 0 Å². The third-order valence-corrected chi connectivity index (χ3v) is 3.44. The Labute approximate surface area is 111 Å². The van der Waals surface area contributed by atoms with Crippen LogP contribution in [0.2, 0.25) is 0 Å². The number of hydrogen-bond acceptors (Lipinski definition) is 5. The molecule has 1 aromatic carbocycles. The molecule has 1 aromatic heterocycles. The first-order valence-electron chi connectivity index (χ1n) is 5.86. The second kappa shape index (κ2) is 6.51. The molecule has 0 radical (unpaired) electrons. The Bertz CT molecular complexity index is 479. The summed E-state index contributed by atoms with van der Waals surface area (Å²) in [6.45, 7) is 1.60. The van der Waals surface area contributed by atoms with Crippen molar-refractivity contribution in [3.63, 3.8) is 0 Å². The van der Waals surface area contributed by atoms with Crippen molar-refractivity contribution in [3.05, 3.63) is 35.7 Å². The Balaban J connectivity index is 2.05. The Hall–Kier alpha value is -1.40. The first-order valence-corrected chi connectivity index (χ1v) is 7.08.